The average Bonchev–Trinajstić information content (AvgIpc) is 3.14. The first-order chi connectivity index (χ1) is 17.8. The van der Waals surface area contributed by atoms with Gasteiger partial charge in [-0.05, 0) is 47.9 Å². The molecule has 0 saturated carbocycles. The molecule has 3 aromatic carbocycles. The quantitative estimate of drug-likeness (QED) is 0.450. The number of benzene rings is 3. The topological polar surface area (TPSA) is 96.0 Å². The van der Waals surface area contributed by atoms with Crippen molar-refractivity contribution in [2.24, 2.45) is 5.92 Å². The lowest BCUT2D eigenvalue weighted by Gasteiger charge is -2.34. The Morgan fingerprint density at radius 3 is 2.22 bits per heavy atom. The minimum absolute atomic E-state index is 0.163. The first-order valence-electron chi connectivity index (χ1n) is 12.0. The third-order valence-electron chi connectivity index (χ3n) is 6.28. The van der Waals surface area contributed by atoms with Crippen LogP contribution in [0.25, 0.3) is 0 Å². The fourth-order valence-electron chi connectivity index (χ4n) is 4.45. The van der Waals surface area contributed by atoms with E-state index in [2.05, 4.69) is 5.32 Å². The van der Waals surface area contributed by atoms with Crippen LogP contribution in [0.2, 0.25) is 0 Å². The molecule has 1 heterocycles. The Kier molecular flexibility index (Phi) is 7.67. The van der Waals surface area contributed by atoms with Gasteiger partial charge in [0, 0.05) is 12.2 Å². The molecule has 0 spiro atoms. The number of hydrogen-bond acceptors (Lipinski definition) is 5. The van der Waals surface area contributed by atoms with Gasteiger partial charge in [-0.1, -0.05) is 56.3 Å². The van der Waals surface area contributed by atoms with Crippen LogP contribution in [0.5, 0.6) is 5.75 Å². The van der Waals surface area contributed by atoms with E-state index in [9.17, 15) is 19.2 Å². The highest BCUT2D eigenvalue weighted by molar-refractivity contribution is 6.52. The number of nitrogens with one attached hydrogen (secondary N) is 1. The molecule has 0 aliphatic carbocycles. The van der Waals surface area contributed by atoms with E-state index in [-0.39, 0.29) is 30.5 Å². The molecule has 0 saturated heterocycles. The Morgan fingerprint density at radius 2 is 1.57 bits per heavy atom. The summed E-state index contributed by atoms with van der Waals surface area (Å²) in [5.74, 6) is -1.77. The number of carbonyl (C=O) groups is 4. The predicted octanol–water partition coefficient (Wildman–Crippen LogP) is 3.92. The molecule has 1 atom stereocenters. The smallest absolute Gasteiger partial charge is 0.299 e. The van der Waals surface area contributed by atoms with Crippen LogP contribution in [0.3, 0.4) is 0 Å². The summed E-state index contributed by atoms with van der Waals surface area (Å²) in [5.41, 5.74) is 2.07. The molecule has 37 heavy (non-hydrogen) atoms. The maximum absolute atomic E-state index is 13.8. The molecular weight excluding hydrogens is 470 g/mol. The highest BCUT2D eigenvalue weighted by atomic mass is 16.5. The molecule has 190 valence electrons. The summed E-state index contributed by atoms with van der Waals surface area (Å²) in [5, 5.41) is 2.90. The number of carbonyl (C=O) groups excluding carboxylic acids is 4. The Hall–Kier alpha value is -4.46. The third-order valence-corrected chi connectivity index (χ3v) is 6.28. The Labute approximate surface area is 215 Å². The summed E-state index contributed by atoms with van der Waals surface area (Å²) in [6.45, 7) is 3.54. The molecule has 0 aromatic heterocycles. The van der Waals surface area contributed by atoms with Gasteiger partial charge in [0.05, 0.1) is 18.4 Å². The highest BCUT2D eigenvalue weighted by Crippen LogP contribution is 2.29. The molecule has 0 fully saturated rings. The molecular formula is C29H29N3O5. The van der Waals surface area contributed by atoms with Gasteiger partial charge in [0.1, 0.15) is 18.3 Å². The number of ketones is 1. The van der Waals surface area contributed by atoms with E-state index in [1.54, 1.807) is 55.6 Å². The number of anilines is 2. The number of amides is 3. The maximum Gasteiger partial charge on any atom is 0.299 e. The average molecular weight is 500 g/mol. The second-order valence-electron chi connectivity index (χ2n) is 9.15. The molecule has 1 aliphatic heterocycles. The van der Waals surface area contributed by atoms with Gasteiger partial charge in [-0.25, -0.2) is 0 Å². The zero-order valence-corrected chi connectivity index (χ0v) is 21.0. The van der Waals surface area contributed by atoms with Gasteiger partial charge in [-0.3, -0.25) is 24.1 Å². The third kappa shape index (κ3) is 5.53. The van der Waals surface area contributed by atoms with Crippen molar-refractivity contribution in [3.63, 3.8) is 0 Å². The van der Waals surface area contributed by atoms with Crippen molar-refractivity contribution in [2.45, 2.75) is 26.4 Å². The summed E-state index contributed by atoms with van der Waals surface area (Å²) in [7, 11) is 1.56. The van der Waals surface area contributed by atoms with Crippen molar-refractivity contribution in [3.05, 3.63) is 90.0 Å². The fourth-order valence-corrected chi connectivity index (χ4v) is 4.45. The zero-order valence-electron chi connectivity index (χ0n) is 21.0. The summed E-state index contributed by atoms with van der Waals surface area (Å²) in [6, 6.07) is 22.0. The second-order valence-corrected chi connectivity index (χ2v) is 9.15. The number of methoxy groups -OCH3 is 1. The van der Waals surface area contributed by atoms with Crippen molar-refractivity contribution in [3.8, 4) is 5.75 Å². The zero-order chi connectivity index (χ0) is 26.5. The lowest BCUT2D eigenvalue weighted by Crippen LogP contribution is -2.53. The van der Waals surface area contributed by atoms with Crippen LogP contribution in [0.15, 0.2) is 78.9 Å². The fraction of sp³-hybridized carbons (Fsp3) is 0.241. The first-order valence-corrected chi connectivity index (χ1v) is 12.0. The van der Waals surface area contributed by atoms with E-state index in [4.69, 9.17) is 4.74 Å². The molecule has 4 rings (SSSR count). The Bertz CT molecular complexity index is 1300. The van der Waals surface area contributed by atoms with Crippen molar-refractivity contribution < 1.29 is 23.9 Å². The van der Waals surface area contributed by atoms with Crippen LogP contribution in [0.1, 0.15) is 29.8 Å². The standard InChI is InChI=1S/C29H29N3O5/c1-19(2)26(28(35)30-21-13-15-22(37-3)16-14-21)32(17-20-9-5-4-6-10-20)25(33)18-31-24-12-8-7-11-23(24)27(34)29(31)36/h4-16,19,26H,17-18H2,1-3H3,(H,30,35)/t26-/m1/s1. The van der Waals surface area contributed by atoms with E-state index in [1.165, 1.54) is 9.80 Å². The van der Waals surface area contributed by atoms with Crippen molar-refractivity contribution >= 4 is 34.9 Å². The van der Waals surface area contributed by atoms with Crippen LogP contribution >= 0.6 is 0 Å². The number of hydrogen-bond donors (Lipinski definition) is 1. The molecule has 1 N–H and O–H groups in total. The Balaban J connectivity index is 1.63. The predicted molar refractivity (Wildman–Crippen MR) is 140 cm³/mol. The monoisotopic (exact) mass is 499 g/mol. The van der Waals surface area contributed by atoms with E-state index >= 15 is 0 Å². The molecule has 0 bridgehead atoms. The SMILES string of the molecule is COc1ccc(NC(=O)[C@@H](C(C)C)N(Cc2ccccc2)C(=O)CN2C(=O)C(=O)c3ccccc32)cc1. The summed E-state index contributed by atoms with van der Waals surface area (Å²) in [6.07, 6.45) is 0. The van der Waals surface area contributed by atoms with Gasteiger partial charge in [-0.15, -0.1) is 0 Å². The van der Waals surface area contributed by atoms with Crippen LogP contribution in [0, 0.1) is 5.92 Å². The summed E-state index contributed by atoms with van der Waals surface area (Å²) >= 11 is 0. The molecule has 8 heteroatoms. The lowest BCUT2D eigenvalue weighted by atomic mass is 10.00. The summed E-state index contributed by atoms with van der Waals surface area (Å²) < 4.78 is 5.18. The number of Topliss-reactive ketones (excluding diaryl/α,β-unsaturated/α-hetero) is 1. The number of nitrogens with zero attached hydrogens (tertiary/aromatic N) is 2. The van der Waals surface area contributed by atoms with Gasteiger partial charge in [0.15, 0.2) is 0 Å². The van der Waals surface area contributed by atoms with Crippen molar-refractivity contribution in [1.82, 2.24) is 4.90 Å². The maximum atomic E-state index is 13.8. The van der Waals surface area contributed by atoms with Crippen LogP contribution in [0.4, 0.5) is 11.4 Å². The second kappa shape index (κ2) is 11.1. The van der Waals surface area contributed by atoms with Gasteiger partial charge in [0.2, 0.25) is 11.8 Å². The summed E-state index contributed by atoms with van der Waals surface area (Å²) in [4.78, 5) is 55.2. The molecule has 8 nitrogen and oxygen atoms in total. The minimum atomic E-state index is -0.835. The van der Waals surface area contributed by atoms with E-state index in [0.717, 1.165) is 5.56 Å². The minimum Gasteiger partial charge on any atom is -0.497 e. The number of para-hydroxylation sites is 1. The molecule has 3 amide bonds. The van der Waals surface area contributed by atoms with Crippen molar-refractivity contribution in [1.29, 1.82) is 0 Å². The number of ether oxygens (including phenoxy) is 1. The van der Waals surface area contributed by atoms with E-state index in [0.29, 0.717) is 17.1 Å². The van der Waals surface area contributed by atoms with Gasteiger partial charge < -0.3 is 15.0 Å². The normalized spacial score (nSPS) is 13.4. The number of fused-ring (bicyclic) bond motifs is 1. The Morgan fingerprint density at radius 1 is 0.919 bits per heavy atom. The highest BCUT2D eigenvalue weighted by Gasteiger charge is 2.39. The largest absolute Gasteiger partial charge is 0.497 e. The lowest BCUT2D eigenvalue weighted by molar-refractivity contribution is -0.140. The molecule has 3 aromatic rings. The molecule has 1 aliphatic rings. The van der Waals surface area contributed by atoms with Gasteiger partial charge in [0.25, 0.3) is 11.7 Å². The number of rotatable bonds is 9. The van der Waals surface area contributed by atoms with Crippen LogP contribution < -0.4 is 15.0 Å². The van der Waals surface area contributed by atoms with Crippen LogP contribution in [-0.4, -0.2) is 48.1 Å². The first kappa shape index (κ1) is 25.6. The molecule has 0 radical (unpaired) electrons. The van der Waals surface area contributed by atoms with Gasteiger partial charge in [-0.2, -0.15) is 0 Å². The van der Waals surface area contributed by atoms with E-state index < -0.39 is 23.6 Å². The van der Waals surface area contributed by atoms with Gasteiger partial charge >= 0.3 is 0 Å². The van der Waals surface area contributed by atoms with Crippen molar-refractivity contribution in [2.75, 3.05) is 23.9 Å². The van der Waals surface area contributed by atoms with E-state index in [1.807, 2.05) is 44.2 Å². The molecule has 0 unspecified atom stereocenters. The van der Waals surface area contributed by atoms with Crippen LogP contribution in [-0.2, 0) is 20.9 Å².